The zero-order valence-electron chi connectivity index (χ0n) is 10.2. The van der Waals surface area contributed by atoms with Crippen molar-refractivity contribution in [3.05, 3.63) is 35.5 Å². The lowest BCUT2D eigenvalue weighted by Gasteiger charge is -1.95. The summed E-state index contributed by atoms with van der Waals surface area (Å²) in [5.41, 5.74) is 6.45. The second-order valence-corrected chi connectivity index (χ2v) is 5.08. The first-order valence-corrected chi connectivity index (χ1v) is 6.38. The topological polar surface area (TPSA) is 77.8 Å². The largest absolute Gasteiger partial charge is 0.375 e. The molecule has 0 saturated heterocycles. The average molecular weight is 294 g/mol. The molecule has 0 aliphatic carbocycles. The minimum Gasteiger partial charge on any atom is -0.375 e. The number of nitrogens with zero attached hydrogens (tertiary/aromatic N) is 3. The van der Waals surface area contributed by atoms with Crippen LogP contribution in [0.4, 0.5) is 13.9 Å². The second-order valence-electron chi connectivity index (χ2n) is 4.05. The fraction of sp³-hybridized carbons (Fsp3) is 0.0833. The molecule has 2 aromatic heterocycles. The van der Waals surface area contributed by atoms with E-state index in [4.69, 9.17) is 10.3 Å². The Bertz CT molecular complexity index is 763. The van der Waals surface area contributed by atoms with Crippen molar-refractivity contribution in [2.75, 3.05) is 5.73 Å². The molecule has 0 atom stereocenters. The van der Waals surface area contributed by atoms with Crippen LogP contribution in [-0.2, 0) is 0 Å². The summed E-state index contributed by atoms with van der Waals surface area (Å²) in [7, 11) is 0. The minimum absolute atomic E-state index is 0.102. The SMILES string of the molecule is Cc1nc(N)sc1-c1nc(-c2cc(F)cc(F)c2)no1. The van der Waals surface area contributed by atoms with Gasteiger partial charge < -0.3 is 10.3 Å². The highest BCUT2D eigenvalue weighted by Gasteiger charge is 2.17. The minimum atomic E-state index is -0.704. The fourth-order valence-corrected chi connectivity index (χ4v) is 2.49. The molecular formula is C12H8F2N4OS. The Morgan fingerprint density at radius 1 is 1.15 bits per heavy atom. The summed E-state index contributed by atoms with van der Waals surface area (Å²) in [6, 6.07) is 3.04. The van der Waals surface area contributed by atoms with Gasteiger partial charge in [0, 0.05) is 11.6 Å². The molecule has 0 unspecified atom stereocenters. The molecule has 3 rings (SSSR count). The number of aryl methyl sites for hydroxylation is 1. The molecule has 0 aliphatic heterocycles. The maximum Gasteiger partial charge on any atom is 0.270 e. The van der Waals surface area contributed by atoms with E-state index in [1.54, 1.807) is 6.92 Å². The number of rotatable bonds is 2. The maximum absolute atomic E-state index is 13.2. The van der Waals surface area contributed by atoms with Gasteiger partial charge in [0.2, 0.25) is 5.82 Å². The van der Waals surface area contributed by atoms with Crippen molar-refractivity contribution < 1.29 is 13.3 Å². The third kappa shape index (κ3) is 2.25. The van der Waals surface area contributed by atoms with Gasteiger partial charge in [-0.1, -0.05) is 16.5 Å². The Kier molecular flexibility index (Phi) is 2.94. The van der Waals surface area contributed by atoms with E-state index in [9.17, 15) is 8.78 Å². The molecule has 0 saturated carbocycles. The quantitative estimate of drug-likeness (QED) is 0.786. The van der Waals surface area contributed by atoms with Gasteiger partial charge in [-0.3, -0.25) is 0 Å². The van der Waals surface area contributed by atoms with Crippen LogP contribution in [-0.4, -0.2) is 15.1 Å². The summed E-state index contributed by atoms with van der Waals surface area (Å²) in [6.45, 7) is 1.76. The van der Waals surface area contributed by atoms with Crippen LogP contribution in [0.1, 0.15) is 5.69 Å². The molecule has 0 bridgehead atoms. The van der Waals surface area contributed by atoms with Crippen LogP contribution in [0.15, 0.2) is 22.7 Å². The van der Waals surface area contributed by atoms with Crippen LogP contribution >= 0.6 is 11.3 Å². The lowest BCUT2D eigenvalue weighted by Crippen LogP contribution is -1.86. The van der Waals surface area contributed by atoms with Crippen molar-refractivity contribution in [1.29, 1.82) is 0 Å². The molecule has 0 spiro atoms. The molecule has 8 heteroatoms. The van der Waals surface area contributed by atoms with Crippen molar-refractivity contribution in [1.82, 2.24) is 15.1 Å². The highest BCUT2D eigenvalue weighted by atomic mass is 32.1. The zero-order chi connectivity index (χ0) is 14.3. The van der Waals surface area contributed by atoms with Crippen LogP contribution in [0.5, 0.6) is 0 Å². The summed E-state index contributed by atoms with van der Waals surface area (Å²) in [4.78, 5) is 8.79. The van der Waals surface area contributed by atoms with Gasteiger partial charge in [-0.25, -0.2) is 13.8 Å². The normalized spacial score (nSPS) is 10.9. The highest BCUT2D eigenvalue weighted by Crippen LogP contribution is 2.31. The van der Waals surface area contributed by atoms with Gasteiger partial charge in [0.25, 0.3) is 5.89 Å². The molecule has 0 amide bonds. The number of nitrogen functional groups attached to an aromatic ring is 1. The van der Waals surface area contributed by atoms with E-state index in [0.717, 1.165) is 18.2 Å². The number of hydrogen-bond donors (Lipinski definition) is 1. The van der Waals surface area contributed by atoms with Gasteiger partial charge in [0.05, 0.1) is 5.69 Å². The second kappa shape index (κ2) is 4.64. The van der Waals surface area contributed by atoms with E-state index >= 15 is 0 Å². The van der Waals surface area contributed by atoms with Gasteiger partial charge in [-0.15, -0.1) is 0 Å². The number of anilines is 1. The van der Waals surface area contributed by atoms with Crippen molar-refractivity contribution in [2.24, 2.45) is 0 Å². The van der Waals surface area contributed by atoms with Gasteiger partial charge >= 0.3 is 0 Å². The highest BCUT2D eigenvalue weighted by molar-refractivity contribution is 7.18. The molecule has 2 N–H and O–H groups in total. The number of halogens is 2. The van der Waals surface area contributed by atoms with Crippen LogP contribution in [0.3, 0.4) is 0 Å². The van der Waals surface area contributed by atoms with Gasteiger partial charge in [0.1, 0.15) is 16.5 Å². The number of thiazole rings is 1. The van der Waals surface area contributed by atoms with Crippen molar-refractivity contribution in [3.63, 3.8) is 0 Å². The summed E-state index contributed by atoms with van der Waals surface area (Å²) in [5, 5.41) is 4.10. The summed E-state index contributed by atoms with van der Waals surface area (Å²) >= 11 is 1.20. The third-order valence-electron chi connectivity index (χ3n) is 2.55. The van der Waals surface area contributed by atoms with Crippen molar-refractivity contribution >= 4 is 16.5 Å². The fourth-order valence-electron chi connectivity index (χ4n) is 1.73. The Hall–Kier alpha value is -2.35. The lowest BCUT2D eigenvalue weighted by atomic mass is 10.2. The first kappa shape index (κ1) is 12.7. The molecule has 20 heavy (non-hydrogen) atoms. The number of benzene rings is 1. The van der Waals surface area contributed by atoms with E-state index in [-0.39, 0.29) is 17.3 Å². The summed E-state index contributed by atoms with van der Waals surface area (Å²) in [5.74, 6) is -1.09. The predicted molar refractivity (Wildman–Crippen MR) is 69.9 cm³/mol. The number of nitrogens with two attached hydrogens (primary N) is 1. The molecule has 102 valence electrons. The van der Waals surface area contributed by atoms with Crippen molar-refractivity contribution in [3.8, 4) is 22.2 Å². The van der Waals surface area contributed by atoms with E-state index < -0.39 is 11.6 Å². The monoisotopic (exact) mass is 294 g/mol. The van der Waals surface area contributed by atoms with Crippen LogP contribution in [0, 0.1) is 18.6 Å². The molecular weight excluding hydrogens is 286 g/mol. The predicted octanol–water partition coefficient (Wildman–Crippen LogP) is 3.03. The summed E-state index contributed by atoms with van der Waals surface area (Å²) < 4.78 is 31.4. The first-order valence-electron chi connectivity index (χ1n) is 5.56. The van der Waals surface area contributed by atoms with Crippen LogP contribution < -0.4 is 5.73 Å². The Balaban J connectivity index is 2.04. The third-order valence-corrected chi connectivity index (χ3v) is 3.53. The smallest absolute Gasteiger partial charge is 0.270 e. The standard InChI is InChI=1S/C12H8F2N4OS/c1-5-9(20-12(15)16-5)11-17-10(18-19-11)6-2-7(13)4-8(14)3-6/h2-4H,1H3,(H2,15,16). The molecule has 0 radical (unpaired) electrons. The van der Waals surface area contributed by atoms with Crippen LogP contribution in [0.2, 0.25) is 0 Å². The number of hydrogen-bond acceptors (Lipinski definition) is 6. The Labute approximate surface area is 116 Å². The Morgan fingerprint density at radius 2 is 1.85 bits per heavy atom. The average Bonchev–Trinajstić information content (AvgIpc) is 2.94. The van der Waals surface area contributed by atoms with Gasteiger partial charge in [0.15, 0.2) is 5.13 Å². The number of aromatic nitrogens is 3. The molecule has 0 fully saturated rings. The first-order chi connectivity index (χ1) is 9.52. The lowest BCUT2D eigenvalue weighted by molar-refractivity contribution is 0.433. The molecule has 2 heterocycles. The molecule has 1 aromatic carbocycles. The van der Waals surface area contributed by atoms with Gasteiger partial charge in [-0.05, 0) is 19.1 Å². The summed E-state index contributed by atoms with van der Waals surface area (Å²) in [6.07, 6.45) is 0. The molecule has 0 aliphatic rings. The van der Waals surface area contributed by atoms with E-state index in [1.807, 2.05) is 0 Å². The van der Waals surface area contributed by atoms with E-state index in [1.165, 1.54) is 11.3 Å². The maximum atomic E-state index is 13.2. The van der Waals surface area contributed by atoms with E-state index in [0.29, 0.717) is 15.7 Å². The molecule has 3 aromatic rings. The van der Waals surface area contributed by atoms with Gasteiger partial charge in [-0.2, -0.15) is 4.98 Å². The zero-order valence-corrected chi connectivity index (χ0v) is 11.0. The van der Waals surface area contributed by atoms with E-state index in [2.05, 4.69) is 15.1 Å². The van der Waals surface area contributed by atoms with Crippen LogP contribution in [0.25, 0.3) is 22.2 Å². The van der Waals surface area contributed by atoms with Crippen molar-refractivity contribution in [2.45, 2.75) is 6.92 Å². The molecule has 5 nitrogen and oxygen atoms in total. The Morgan fingerprint density at radius 3 is 2.45 bits per heavy atom.